The number of anilines is 1. The third-order valence-corrected chi connectivity index (χ3v) is 5.22. The topological polar surface area (TPSA) is 80.9 Å². The molecule has 2 aliphatic rings. The number of methoxy groups -OCH3 is 1. The number of rotatable bonds is 4. The van der Waals surface area contributed by atoms with E-state index in [2.05, 4.69) is 15.1 Å². The van der Waals surface area contributed by atoms with Gasteiger partial charge in [0.1, 0.15) is 6.10 Å². The number of ether oxygens (including phenoxy) is 2. The number of fused-ring (bicyclic) bond motifs is 1. The SMILES string of the molecule is COc1ccccc1O[C@@H]1C[C@@H]2CN(c3nnc(C)o3)C[C@@H]2C[C@H]1O. The van der Waals surface area contributed by atoms with Crippen LogP contribution in [0.1, 0.15) is 18.7 Å². The summed E-state index contributed by atoms with van der Waals surface area (Å²) < 4.78 is 17.0. The molecule has 4 atom stereocenters. The highest BCUT2D eigenvalue weighted by molar-refractivity contribution is 5.39. The minimum absolute atomic E-state index is 0.234. The van der Waals surface area contributed by atoms with E-state index >= 15 is 0 Å². The fourth-order valence-corrected chi connectivity index (χ4v) is 3.97. The molecule has 2 fully saturated rings. The van der Waals surface area contributed by atoms with Gasteiger partial charge in [0, 0.05) is 20.0 Å². The van der Waals surface area contributed by atoms with Crippen molar-refractivity contribution in [2.75, 3.05) is 25.1 Å². The summed E-state index contributed by atoms with van der Waals surface area (Å²) in [5.74, 6) is 2.79. The van der Waals surface area contributed by atoms with E-state index in [1.54, 1.807) is 14.0 Å². The molecule has 1 aromatic carbocycles. The summed E-state index contributed by atoms with van der Waals surface area (Å²) in [6, 6.07) is 8.12. The van der Waals surface area contributed by atoms with Crippen LogP contribution in [0, 0.1) is 18.8 Å². The maximum absolute atomic E-state index is 10.6. The number of para-hydroxylation sites is 2. The molecule has 0 bridgehead atoms. The molecule has 2 heterocycles. The van der Waals surface area contributed by atoms with Crippen LogP contribution in [0.3, 0.4) is 0 Å². The predicted octanol–water partition coefficient (Wildman–Crippen LogP) is 2.04. The maximum Gasteiger partial charge on any atom is 0.318 e. The summed E-state index contributed by atoms with van der Waals surface area (Å²) in [6.45, 7) is 3.48. The number of aliphatic hydroxyl groups is 1. The first kappa shape index (κ1) is 16.2. The van der Waals surface area contributed by atoms with Gasteiger partial charge in [0.15, 0.2) is 11.5 Å². The van der Waals surface area contributed by atoms with Gasteiger partial charge in [-0.1, -0.05) is 17.2 Å². The van der Waals surface area contributed by atoms with Crippen LogP contribution in [0.25, 0.3) is 0 Å². The fourth-order valence-electron chi connectivity index (χ4n) is 3.97. The Balaban J connectivity index is 1.45. The molecule has 7 nitrogen and oxygen atoms in total. The summed E-state index contributed by atoms with van der Waals surface area (Å²) in [5, 5.41) is 18.6. The number of aryl methyl sites for hydroxylation is 1. The van der Waals surface area contributed by atoms with Gasteiger partial charge in [0.2, 0.25) is 5.89 Å². The molecule has 1 aliphatic heterocycles. The van der Waals surface area contributed by atoms with E-state index in [1.165, 1.54) is 0 Å². The van der Waals surface area contributed by atoms with Crippen LogP contribution < -0.4 is 14.4 Å². The van der Waals surface area contributed by atoms with E-state index in [0.29, 0.717) is 41.7 Å². The maximum atomic E-state index is 10.6. The molecule has 1 saturated carbocycles. The van der Waals surface area contributed by atoms with Crippen molar-refractivity contribution in [3.63, 3.8) is 0 Å². The van der Waals surface area contributed by atoms with Crippen molar-refractivity contribution in [3.05, 3.63) is 30.2 Å². The molecule has 25 heavy (non-hydrogen) atoms. The van der Waals surface area contributed by atoms with Crippen molar-refractivity contribution in [3.8, 4) is 11.5 Å². The predicted molar refractivity (Wildman–Crippen MR) is 90.9 cm³/mol. The molecular formula is C18H23N3O4. The Bertz CT molecular complexity index is 735. The molecule has 134 valence electrons. The highest BCUT2D eigenvalue weighted by atomic mass is 16.5. The molecule has 1 aromatic heterocycles. The summed E-state index contributed by atoms with van der Waals surface area (Å²) in [7, 11) is 1.62. The third kappa shape index (κ3) is 3.16. The molecule has 1 aliphatic carbocycles. The Morgan fingerprint density at radius 1 is 1.12 bits per heavy atom. The van der Waals surface area contributed by atoms with Crippen LogP contribution in [-0.2, 0) is 0 Å². The van der Waals surface area contributed by atoms with Gasteiger partial charge in [0.05, 0.1) is 13.2 Å². The Kier molecular flexibility index (Phi) is 4.25. The zero-order valence-electron chi connectivity index (χ0n) is 14.5. The van der Waals surface area contributed by atoms with Crippen LogP contribution in [0.4, 0.5) is 6.01 Å². The first-order chi connectivity index (χ1) is 12.1. The zero-order valence-corrected chi connectivity index (χ0v) is 14.5. The Morgan fingerprint density at radius 2 is 1.84 bits per heavy atom. The van der Waals surface area contributed by atoms with E-state index in [9.17, 15) is 5.11 Å². The minimum Gasteiger partial charge on any atom is -0.493 e. The average molecular weight is 345 g/mol. The molecule has 0 unspecified atom stereocenters. The van der Waals surface area contributed by atoms with E-state index in [4.69, 9.17) is 13.9 Å². The molecule has 1 N–H and O–H groups in total. The van der Waals surface area contributed by atoms with Crippen molar-refractivity contribution in [2.24, 2.45) is 11.8 Å². The summed E-state index contributed by atoms with van der Waals surface area (Å²) >= 11 is 0. The lowest BCUT2D eigenvalue weighted by Crippen LogP contribution is -2.42. The summed E-state index contributed by atoms with van der Waals surface area (Å²) in [6.07, 6.45) is 0.791. The lowest BCUT2D eigenvalue weighted by Gasteiger charge is -2.35. The van der Waals surface area contributed by atoms with E-state index in [-0.39, 0.29) is 6.10 Å². The number of nitrogens with zero attached hydrogens (tertiary/aromatic N) is 3. The first-order valence-electron chi connectivity index (χ1n) is 8.67. The zero-order chi connectivity index (χ0) is 17.4. The normalized spacial score (nSPS) is 28.7. The van der Waals surface area contributed by atoms with Gasteiger partial charge in [-0.3, -0.25) is 0 Å². The van der Waals surface area contributed by atoms with Crippen molar-refractivity contribution >= 4 is 6.01 Å². The molecule has 2 aromatic rings. The lowest BCUT2D eigenvalue weighted by atomic mass is 9.78. The van der Waals surface area contributed by atoms with Gasteiger partial charge in [-0.2, -0.15) is 0 Å². The van der Waals surface area contributed by atoms with Crippen LogP contribution in [0.15, 0.2) is 28.7 Å². The number of hydrogen-bond acceptors (Lipinski definition) is 7. The molecule has 0 amide bonds. The van der Waals surface area contributed by atoms with Gasteiger partial charge in [-0.05, 0) is 36.8 Å². The van der Waals surface area contributed by atoms with Crippen molar-refractivity contribution in [1.29, 1.82) is 0 Å². The quantitative estimate of drug-likeness (QED) is 0.908. The fraction of sp³-hybridized carbons (Fsp3) is 0.556. The van der Waals surface area contributed by atoms with E-state index in [1.807, 2.05) is 24.3 Å². The second-order valence-corrected chi connectivity index (χ2v) is 6.87. The van der Waals surface area contributed by atoms with Crippen LogP contribution >= 0.6 is 0 Å². The van der Waals surface area contributed by atoms with Crippen LogP contribution in [0.5, 0.6) is 11.5 Å². The number of hydrogen-bond donors (Lipinski definition) is 1. The Labute approximate surface area is 146 Å². The summed E-state index contributed by atoms with van der Waals surface area (Å²) in [5.41, 5.74) is 0. The summed E-state index contributed by atoms with van der Waals surface area (Å²) in [4.78, 5) is 2.12. The standard InChI is InChI=1S/C18H23N3O4/c1-11-19-20-18(24-11)21-9-12-7-14(22)17(8-13(12)10-21)25-16-6-4-3-5-15(16)23-2/h3-6,12-14,17,22H,7-10H2,1-2H3/t12-,13+,14+,17+/m0/s1. The van der Waals surface area contributed by atoms with Crippen molar-refractivity contribution in [1.82, 2.24) is 10.2 Å². The Morgan fingerprint density at radius 3 is 2.52 bits per heavy atom. The number of benzene rings is 1. The Hall–Kier alpha value is -2.28. The smallest absolute Gasteiger partial charge is 0.318 e. The van der Waals surface area contributed by atoms with Gasteiger partial charge in [0.25, 0.3) is 0 Å². The van der Waals surface area contributed by atoms with Crippen LogP contribution in [-0.4, -0.2) is 47.7 Å². The second kappa shape index (κ2) is 6.55. The van der Waals surface area contributed by atoms with E-state index < -0.39 is 6.10 Å². The van der Waals surface area contributed by atoms with Gasteiger partial charge in [-0.25, -0.2) is 0 Å². The monoisotopic (exact) mass is 345 g/mol. The molecule has 0 spiro atoms. The van der Waals surface area contributed by atoms with Gasteiger partial charge in [-0.15, -0.1) is 5.10 Å². The average Bonchev–Trinajstić information content (AvgIpc) is 3.21. The second-order valence-electron chi connectivity index (χ2n) is 6.87. The van der Waals surface area contributed by atoms with Gasteiger partial charge >= 0.3 is 6.01 Å². The molecule has 1 saturated heterocycles. The molecule has 7 heteroatoms. The lowest BCUT2D eigenvalue weighted by molar-refractivity contribution is -0.0240. The third-order valence-electron chi connectivity index (χ3n) is 5.22. The van der Waals surface area contributed by atoms with E-state index in [0.717, 1.165) is 19.5 Å². The molecule has 0 radical (unpaired) electrons. The highest BCUT2D eigenvalue weighted by Gasteiger charge is 2.44. The molecular weight excluding hydrogens is 322 g/mol. The molecule has 4 rings (SSSR count). The van der Waals surface area contributed by atoms with Crippen LogP contribution in [0.2, 0.25) is 0 Å². The van der Waals surface area contributed by atoms with Gasteiger partial charge < -0.3 is 23.9 Å². The van der Waals surface area contributed by atoms with Crippen molar-refractivity contribution in [2.45, 2.75) is 32.0 Å². The number of aromatic nitrogens is 2. The minimum atomic E-state index is -0.490. The first-order valence-corrected chi connectivity index (χ1v) is 8.67. The highest BCUT2D eigenvalue weighted by Crippen LogP contribution is 2.40. The largest absolute Gasteiger partial charge is 0.493 e. The van der Waals surface area contributed by atoms with Crippen molar-refractivity contribution < 1.29 is 19.0 Å². The number of aliphatic hydroxyl groups excluding tert-OH is 1.